The van der Waals surface area contributed by atoms with Crippen molar-refractivity contribution in [3.05, 3.63) is 29.8 Å². The molecule has 1 aliphatic rings. The van der Waals surface area contributed by atoms with E-state index in [-0.39, 0.29) is 0 Å². The molecule has 1 N–H and O–H groups in total. The van der Waals surface area contributed by atoms with Crippen molar-refractivity contribution in [2.24, 2.45) is 0 Å². The Morgan fingerprint density at radius 3 is 2.40 bits per heavy atom. The molecule has 1 aromatic carbocycles. The molecule has 0 aromatic heterocycles. The van der Waals surface area contributed by atoms with Crippen LogP contribution < -0.4 is 5.32 Å². The number of piperazine rings is 1. The summed E-state index contributed by atoms with van der Waals surface area (Å²) in [7, 11) is -3.11. The summed E-state index contributed by atoms with van der Waals surface area (Å²) in [4.78, 5) is 2.85. The monoisotopic (exact) mass is 296 g/mol. The van der Waals surface area contributed by atoms with Gasteiger partial charge in [-0.3, -0.25) is 4.90 Å². The van der Waals surface area contributed by atoms with E-state index in [1.807, 2.05) is 12.1 Å². The van der Waals surface area contributed by atoms with Crippen LogP contribution in [0.25, 0.3) is 0 Å². The second-order valence-corrected chi connectivity index (χ2v) is 7.89. The first-order valence-corrected chi connectivity index (χ1v) is 8.97. The highest BCUT2D eigenvalue weighted by atomic mass is 32.2. The second kappa shape index (κ2) is 5.84. The van der Waals surface area contributed by atoms with Gasteiger partial charge in [-0.2, -0.15) is 0 Å². The molecule has 5 heteroatoms. The van der Waals surface area contributed by atoms with Crippen LogP contribution in [0.15, 0.2) is 29.2 Å². The molecule has 1 saturated heterocycles. The van der Waals surface area contributed by atoms with Crippen LogP contribution in [0.5, 0.6) is 0 Å². The Balaban J connectivity index is 2.18. The molecule has 112 valence electrons. The van der Waals surface area contributed by atoms with E-state index in [0.29, 0.717) is 23.0 Å². The van der Waals surface area contributed by atoms with Crippen LogP contribution in [0.4, 0.5) is 0 Å². The summed E-state index contributed by atoms with van der Waals surface area (Å²) in [6.45, 7) is 8.60. The summed E-state index contributed by atoms with van der Waals surface area (Å²) in [6, 6.07) is 8.54. The Morgan fingerprint density at radius 2 is 1.85 bits per heavy atom. The summed E-state index contributed by atoms with van der Waals surface area (Å²) < 4.78 is 23.0. The number of hydrogen-bond acceptors (Lipinski definition) is 4. The van der Waals surface area contributed by atoms with Gasteiger partial charge in [-0.15, -0.1) is 0 Å². The van der Waals surface area contributed by atoms with E-state index in [0.717, 1.165) is 13.1 Å². The van der Waals surface area contributed by atoms with Gasteiger partial charge in [0, 0.05) is 37.5 Å². The number of nitrogens with one attached hydrogen (secondary N) is 1. The van der Waals surface area contributed by atoms with E-state index < -0.39 is 9.84 Å². The Morgan fingerprint density at radius 1 is 1.25 bits per heavy atom. The lowest BCUT2D eigenvalue weighted by Gasteiger charge is -2.41. The Kier molecular flexibility index (Phi) is 4.52. The van der Waals surface area contributed by atoms with Gasteiger partial charge in [-0.05, 0) is 38.5 Å². The summed E-state index contributed by atoms with van der Waals surface area (Å²) in [5, 5.41) is 3.48. The van der Waals surface area contributed by atoms with E-state index in [4.69, 9.17) is 0 Å². The van der Waals surface area contributed by atoms with Gasteiger partial charge < -0.3 is 5.32 Å². The average Bonchev–Trinajstić information content (AvgIpc) is 2.40. The van der Waals surface area contributed by atoms with Crippen LogP contribution in [-0.2, 0) is 9.84 Å². The average molecular weight is 296 g/mol. The molecule has 1 heterocycles. The minimum Gasteiger partial charge on any atom is -0.311 e. The molecule has 20 heavy (non-hydrogen) atoms. The molecule has 2 rings (SSSR count). The van der Waals surface area contributed by atoms with Crippen molar-refractivity contribution >= 4 is 9.84 Å². The van der Waals surface area contributed by atoms with E-state index in [2.05, 4.69) is 31.0 Å². The van der Waals surface area contributed by atoms with E-state index in [1.165, 1.54) is 11.8 Å². The first-order chi connectivity index (χ1) is 9.29. The zero-order valence-electron chi connectivity index (χ0n) is 12.6. The van der Waals surface area contributed by atoms with Gasteiger partial charge in [0.25, 0.3) is 0 Å². The molecule has 0 radical (unpaired) electrons. The molecular weight excluding hydrogens is 272 g/mol. The maximum atomic E-state index is 11.5. The van der Waals surface area contributed by atoms with Gasteiger partial charge in [0.05, 0.1) is 4.90 Å². The molecule has 0 bridgehead atoms. The highest BCUT2D eigenvalue weighted by Gasteiger charge is 2.27. The highest BCUT2D eigenvalue weighted by molar-refractivity contribution is 7.90. The molecule has 0 aliphatic carbocycles. The first kappa shape index (κ1) is 15.5. The van der Waals surface area contributed by atoms with E-state index >= 15 is 0 Å². The number of sulfone groups is 1. The molecule has 3 unspecified atom stereocenters. The van der Waals surface area contributed by atoms with Gasteiger partial charge >= 0.3 is 0 Å². The quantitative estimate of drug-likeness (QED) is 0.924. The van der Waals surface area contributed by atoms with E-state index in [1.54, 1.807) is 12.1 Å². The number of benzene rings is 1. The lowest BCUT2D eigenvalue weighted by Crippen LogP contribution is -2.54. The normalized spacial score (nSPS) is 26.4. The van der Waals surface area contributed by atoms with Gasteiger partial charge in [0.2, 0.25) is 0 Å². The van der Waals surface area contributed by atoms with Crippen LogP contribution in [0.3, 0.4) is 0 Å². The fourth-order valence-electron chi connectivity index (χ4n) is 2.77. The number of nitrogens with zero attached hydrogens (tertiary/aromatic N) is 1. The molecular formula is C15H24N2O2S. The van der Waals surface area contributed by atoms with Crippen molar-refractivity contribution in [3.63, 3.8) is 0 Å². The molecule has 1 aliphatic heterocycles. The molecule has 4 nitrogen and oxygen atoms in total. The van der Waals surface area contributed by atoms with E-state index in [9.17, 15) is 8.42 Å². The zero-order chi connectivity index (χ0) is 14.9. The third kappa shape index (κ3) is 3.40. The van der Waals surface area contributed by atoms with Gasteiger partial charge in [0.15, 0.2) is 9.84 Å². The molecule has 3 atom stereocenters. The number of hydrogen-bond donors (Lipinski definition) is 1. The van der Waals surface area contributed by atoms with Crippen molar-refractivity contribution in [2.45, 2.75) is 43.8 Å². The van der Waals surface area contributed by atoms with Crippen LogP contribution in [-0.4, -0.2) is 44.7 Å². The van der Waals surface area contributed by atoms with Crippen molar-refractivity contribution in [1.82, 2.24) is 10.2 Å². The lowest BCUT2D eigenvalue weighted by atomic mass is 10.0. The fourth-order valence-corrected chi connectivity index (χ4v) is 3.41. The third-order valence-corrected chi connectivity index (χ3v) is 5.23. The fraction of sp³-hybridized carbons (Fsp3) is 0.600. The summed E-state index contributed by atoms with van der Waals surface area (Å²) in [6.07, 6.45) is 1.24. The summed E-state index contributed by atoms with van der Waals surface area (Å²) in [5.74, 6) is 0. The lowest BCUT2D eigenvalue weighted by molar-refractivity contribution is 0.103. The molecule has 1 aromatic rings. The maximum Gasteiger partial charge on any atom is 0.175 e. The third-order valence-electron chi connectivity index (χ3n) is 4.10. The highest BCUT2D eigenvalue weighted by Crippen LogP contribution is 2.25. The summed E-state index contributed by atoms with van der Waals surface area (Å²) >= 11 is 0. The van der Waals surface area contributed by atoms with Crippen LogP contribution in [0, 0.1) is 0 Å². The SMILES string of the molecule is CC1CN(C(C)c2ccc(S(C)(=O)=O)cc2)C(C)CN1. The standard InChI is InChI=1S/C15H24N2O2S/c1-11-10-17(12(2)9-16-11)13(3)14-5-7-15(8-6-14)20(4,18)19/h5-8,11-13,16H,9-10H2,1-4H3. The predicted octanol–water partition coefficient (Wildman–Crippen LogP) is 1.83. The summed E-state index contributed by atoms with van der Waals surface area (Å²) in [5.41, 5.74) is 1.17. The van der Waals surface area contributed by atoms with Crippen LogP contribution in [0.1, 0.15) is 32.4 Å². The maximum absolute atomic E-state index is 11.5. The first-order valence-electron chi connectivity index (χ1n) is 7.08. The zero-order valence-corrected chi connectivity index (χ0v) is 13.4. The Hall–Kier alpha value is -0.910. The molecule has 1 fully saturated rings. The van der Waals surface area contributed by atoms with Crippen molar-refractivity contribution in [1.29, 1.82) is 0 Å². The smallest absolute Gasteiger partial charge is 0.175 e. The van der Waals surface area contributed by atoms with Gasteiger partial charge in [0.1, 0.15) is 0 Å². The minimum absolute atomic E-state index is 0.295. The van der Waals surface area contributed by atoms with Crippen molar-refractivity contribution < 1.29 is 8.42 Å². The Bertz CT molecular complexity index is 554. The Labute approximate surface area is 122 Å². The molecule has 0 spiro atoms. The van der Waals surface area contributed by atoms with Crippen LogP contribution in [0.2, 0.25) is 0 Å². The van der Waals surface area contributed by atoms with Crippen LogP contribution >= 0.6 is 0 Å². The minimum atomic E-state index is -3.11. The number of rotatable bonds is 3. The predicted molar refractivity (Wildman–Crippen MR) is 81.6 cm³/mol. The molecule has 0 saturated carbocycles. The van der Waals surface area contributed by atoms with Gasteiger partial charge in [-0.25, -0.2) is 8.42 Å². The largest absolute Gasteiger partial charge is 0.311 e. The molecule has 0 amide bonds. The van der Waals surface area contributed by atoms with Gasteiger partial charge in [-0.1, -0.05) is 12.1 Å². The van der Waals surface area contributed by atoms with Crippen molar-refractivity contribution in [3.8, 4) is 0 Å². The topological polar surface area (TPSA) is 49.4 Å². The second-order valence-electron chi connectivity index (χ2n) is 5.87. The van der Waals surface area contributed by atoms with Crippen molar-refractivity contribution in [2.75, 3.05) is 19.3 Å².